The average Bonchev–Trinajstić information content (AvgIpc) is 4.31. The van der Waals surface area contributed by atoms with Gasteiger partial charge in [0.05, 0.1) is 34.1 Å². The summed E-state index contributed by atoms with van der Waals surface area (Å²) in [6, 6.07) is 92.2. The molecule has 3 heterocycles. The molecule has 0 aliphatic rings. The third kappa shape index (κ3) is 9.37. The van der Waals surface area contributed by atoms with E-state index >= 15 is 0 Å². The summed E-state index contributed by atoms with van der Waals surface area (Å²) in [4.78, 5) is 9.75. The Morgan fingerprint density at radius 1 is 0.192 bits per heavy atom. The molecule has 0 spiro atoms. The van der Waals surface area contributed by atoms with Crippen LogP contribution < -0.4 is 19.6 Å². The van der Waals surface area contributed by atoms with Crippen molar-refractivity contribution in [2.24, 2.45) is 0 Å². The highest BCUT2D eigenvalue weighted by Gasteiger charge is 2.31. The quantitative estimate of drug-likeness (QED) is 0.101. The molecule has 350 valence electrons. The highest BCUT2D eigenvalue weighted by Crippen LogP contribution is 2.55. The number of rotatable bonds is 15. The molecule has 12 rings (SSSR count). The predicted molar refractivity (Wildman–Crippen MR) is 315 cm³/mol. The van der Waals surface area contributed by atoms with Crippen LogP contribution in [0.3, 0.4) is 0 Å². The molecule has 12 aromatic rings. The first-order valence-electron chi connectivity index (χ1n) is 24.3. The number of nitrogens with zero attached hydrogens (tertiary/aromatic N) is 4. The van der Waals surface area contributed by atoms with Crippen molar-refractivity contribution >= 4 is 102 Å². The van der Waals surface area contributed by atoms with Gasteiger partial charge >= 0.3 is 0 Å². The van der Waals surface area contributed by atoms with Crippen LogP contribution in [0.1, 0.15) is 0 Å². The minimum atomic E-state index is 0.989. The van der Waals surface area contributed by atoms with Crippen LogP contribution in [-0.2, 0) is 0 Å². The maximum atomic E-state index is 2.52. The van der Waals surface area contributed by atoms with E-state index in [1.165, 1.54) is 16.7 Å². The Balaban J connectivity index is 1.24. The number of anilines is 12. The number of hydrogen-bond acceptors (Lipinski definition) is 7. The van der Waals surface area contributed by atoms with Gasteiger partial charge in [0.2, 0.25) is 0 Å². The van der Waals surface area contributed by atoms with E-state index in [9.17, 15) is 0 Å². The molecule has 3 aromatic heterocycles. The van der Waals surface area contributed by atoms with E-state index in [4.69, 9.17) is 0 Å². The Labute approximate surface area is 439 Å². The molecule has 4 nitrogen and oxygen atoms in total. The van der Waals surface area contributed by atoms with Gasteiger partial charge in [-0.3, -0.25) is 0 Å². The molecule has 0 aliphatic heterocycles. The zero-order chi connectivity index (χ0) is 48.8. The van der Waals surface area contributed by atoms with Crippen LogP contribution >= 0.6 is 34.0 Å². The molecule has 0 amide bonds. The van der Waals surface area contributed by atoms with Crippen LogP contribution in [-0.4, -0.2) is 0 Å². The molecule has 0 bridgehead atoms. The topological polar surface area (TPSA) is 13.0 Å². The summed E-state index contributed by atoms with van der Waals surface area (Å²) in [6.07, 6.45) is 0. The van der Waals surface area contributed by atoms with E-state index in [2.05, 4.69) is 307 Å². The Morgan fingerprint density at radius 3 is 0.630 bits per heavy atom. The summed E-state index contributed by atoms with van der Waals surface area (Å²) in [5.41, 5.74) is 19.2. The molecule has 0 unspecified atom stereocenters. The van der Waals surface area contributed by atoms with Crippen molar-refractivity contribution in [3.8, 4) is 33.4 Å². The standard InChI is InChI=1S/C66H48N4S3/c1-7-19-55(20-8-1)67(56-21-9-2-10-22-56)64-43-49(52-37-40-71-46-52)31-34-61(64)70(62-35-32-50(53-38-41-72-47-53)44-65(62)68(57-23-11-3-12-24-57)58-25-13-4-14-26-58)63-36-33-51(54-39-42-73-48-54)45-66(63)69(59-27-15-5-16-28-59)60-29-17-6-18-30-60/h1-48H. The smallest absolute Gasteiger partial charge is 0.0708 e. The first-order chi connectivity index (χ1) is 36.2. The normalized spacial score (nSPS) is 11.0. The van der Waals surface area contributed by atoms with Crippen molar-refractivity contribution in [1.29, 1.82) is 0 Å². The minimum Gasteiger partial charge on any atom is -0.308 e. The van der Waals surface area contributed by atoms with Gasteiger partial charge in [-0.25, -0.2) is 0 Å². The fourth-order valence-electron chi connectivity index (χ4n) is 9.63. The van der Waals surface area contributed by atoms with E-state index in [0.29, 0.717) is 0 Å². The van der Waals surface area contributed by atoms with Gasteiger partial charge in [0.15, 0.2) is 0 Å². The first-order valence-corrected chi connectivity index (χ1v) is 27.1. The maximum absolute atomic E-state index is 2.52. The third-order valence-corrected chi connectivity index (χ3v) is 15.1. The number of thiophene rings is 3. The highest BCUT2D eigenvalue weighted by atomic mass is 32.1. The lowest BCUT2D eigenvalue weighted by Crippen LogP contribution is -2.22. The minimum absolute atomic E-state index is 0.989. The van der Waals surface area contributed by atoms with Crippen LogP contribution in [0, 0.1) is 0 Å². The molecule has 9 aromatic carbocycles. The Hall–Kier alpha value is -8.72. The summed E-state index contributed by atoms with van der Waals surface area (Å²) < 4.78 is 0. The number of para-hydroxylation sites is 6. The molecular weight excluding hydrogens is 945 g/mol. The fraction of sp³-hybridized carbons (Fsp3) is 0. The first kappa shape index (κ1) is 45.4. The van der Waals surface area contributed by atoms with Gasteiger partial charge < -0.3 is 19.6 Å². The number of benzene rings is 9. The molecular formula is C66H48N4S3. The molecule has 0 fully saturated rings. The monoisotopic (exact) mass is 992 g/mol. The molecule has 0 radical (unpaired) electrons. The maximum Gasteiger partial charge on any atom is 0.0708 e. The molecule has 0 atom stereocenters. The van der Waals surface area contributed by atoms with Crippen LogP contribution in [0.2, 0.25) is 0 Å². The third-order valence-electron chi connectivity index (χ3n) is 13.0. The molecule has 0 N–H and O–H groups in total. The Bertz CT molecular complexity index is 3160. The SMILES string of the molecule is c1ccc(N(c2ccccc2)c2cc(-c3ccsc3)ccc2N(c2ccc(-c3ccsc3)cc2N(c2ccccc2)c2ccccc2)c2ccc(-c3ccsc3)cc2N(c2ccccc2)c2ccccc2)cc1. The second-order valence-electron chi connectivity index (χ2n) is 17.5. The van der Waals surface area contributed by atoms with Crippen molar-refractivity contribution in [2.75, 3.05) is 19.6 Å². The molecule has 0 aliphatic carbocycles. The zero-order valence-corrected chi connectivity index (χ0v) is 42.2. The Morgan fingerprint density at radius 2 is 0.425 bits per heavy atom. The van der Waals surface area contributed by atoms with Crippen molar-refractivity contribution in [3.05, 3.63) is 287 Å². The van der Waals surface area contributed by atoms with Gasteiger partial charge in [-0.1, -0.05) is 127 Å². The van der Waals surface area contributed by atoms with E-state index in [1.54, 1.807) is 34.0 Å². The van der Waals surface area contributed by atoms with Crippen molar-refractivity contribution < 1.29 is 0 Å². The van der Waals surface area contributed by atoms with Gasteiger partial charge in [0.25, 0.3) is 0 Å². The summed E-state index contributed by atoms with van der Waals surface area (Å²) in [6.45, 7) is 0. The highest BCUT2D eigenvalue weighted by molar-refractivity contribution is 7.08. The lowest BCUT2D eigenvalue weighted by atomic mass is 10.00. The van der Waals surface area contributed by atoms with Crippen molar-refractivity contribution in [2.45, 2.75) is 0 Å². The molecule has 0 saturated carbocycles. The second kappa shape index (κ2) is 20.9. The van der Waals surface area contributed by atoms with Crippen LogP contribution in [0.15, 0.2) is 287 Å². The lowest BCUT2D eigenvalue weighted by Gasteiger charge is -2.38. The van der Waals surface area contributed by atoms with E-state index < -0.39 is 0 Å². The predicted octanol–water partition coefficient (Wildman–Crippen LogP) is 20.8. The molecule has 7 heteroatoms. The van der Waals surface area contributed by atoms with Crippen molar-refractivity contribution in [1.82, 2.24) is 0 Å². The van der Waals surface area contributed by atoms with E-state index in [-0.39, 0.29) is 0 Å². The summed E-state index contributed by atoms with van der Waals surface area (Å²) in [5, 5.41) is 13.2. The van der Waals surface area contributed by atoms with Gasteiger partial charge in [-0.05, 0) is 193 Å². The molecule has 73 heavy (non-hydrogen) atoms. The summed E-state index contributed by atoms with van der Waals surface area (Å²) in [7, 11) is 0. The zero-order valence-electron chi connectivity index (χ0n) is 39.7. The van der Waals surface area contributed by atoms with Crippen LogP contribution in [0.5, 0.6) is 0 Å². The van der Waals surface area contributed by atoms with Gasteiger partial charge in [0, 0.05) is 34.1 Å². The van der Waals surface area contributed by atoms with E-state index in [1.807, 2.05) is 0 Å². The summed E-state index contributed by atoms with van der Waals surface area (Å²) >= 11 is 5.14. The van der Waals surface area contributed by atoms with Gasteiger partial charge in [0.1, 0.15) is 0 Å². The lowest BCUT2D eigenvalue weighted by molar-refractivity contribution is 1.19. The van der Waals surface area contributed by atoms with Gasteiger partial charge in [-0.15, -0.1) is 0 Å². The van der Waals surface area contributed by atoms with Crippen LogP contribution in [0.4, 0.5) is 68.2 Å². The molecule has 0 saturated heterocycles. The van der Waals surface area contributed by atoms with E-state index in [0.717, 1.165) is 84.9 Å². The van der Waals surface area contributed by atoms with Crippen molar-refractivity contribution in [3.63, 3.8) is 0 Å². The largest absolute Gasteiger partial charge is 0.308 e. The number of hydrogen-bond donors (Lipinski definition) is 0. The summed E-state index contributed by atoms with van der Waals surface area (Å²) in [5.74, 6) is 0. The van der Waals surface area contributed by atoms with Gasteiger partial charge in [-0.2, -0.15) is 34.0 Å². The Kier molecular flexibility index (Phi) is 13.0. The average molecular weight is 993 g/mol. The van der Waals surface area contributed by atoms with Crippen LogP contribution in [0.25, 0.3) is 33.4 Å². The fourth-order valence-corrected chi connectivity index (χ4v) is 11.6. The second-order valence-corrected chi connectivity index (χ2v) is 19.8.